The van der Waals surface area contributed by atoms with Gasteiger partial charge in [0, 0.05) is 5.56 Å². The van der Waals surface area contributed by atoms with E-state index < -0.39 is 5.97 Å². The van der Waals surface area contributed by atoms with Crippen LogP contribution in [0, 0.1) is 0 Å². The lowest BCUT2D eigenvalue weighted by molar-refractivity contribution is -0.136. The fraction of sp³-hybridized carbons (Fsp3) is 0.462. The highest BCUT2D eigenvalue weighted by molar-refractivity contribution is 5.71. The largest absolute Gasteiger partial charge is 0.508 e. The van der Waals surface area contributed by atoms with Gasteiger partial charge in [-0.25, -0.2) is 0 Å². The Morgan fingerprint density at radius 2 is 2.12 bits per heavy atom. The number of aliphatic hydroxyl groups excluding tert-OH is 1. The lowest BCUT2D eigenvalue weighted by Crippen LogP contribution is -2.07. The third-order valence-corrected chi connectivity index (χ3v) is 3.33. The Hall–Kier alpha value is -1.55. The first-order valence-electron chi connectivity index (χ1n) is 5.78. The van der Waals surface area contributed by atoms with Crippen LogP contribution in [0.3, 0.4) is 0 Å². The second kappa shape index (κ2) is 4.75. The molecule has 1 aliphatic carbocycles. The number of aliphatic hydroxyl groups is 1. The molecule has 2 unspecified atom stereocenters. The second-order valence-electron chi connectivity index (χ2n) is 4.58. The predicted octanol–water partition coefficient (Wildman–Crippen LogP) is 1.65. The van der Waals surface area contributed by atoms with Crippen LogP contribution in [0.4, 0.5) is 0 Å². The summed E-state index contributed by atoms with van der Waals surface area (Å²) in [6.07, 6.45) is 1.69. The van der Waals surface area contributed by atoms with Crippen LogP contribution in [-0.2, 0) is 11.2 Å². The number of carbonyl (C=O) groups is 1. The first kappa shape index (κ1) is 11.9. The first-order valence-corrected chi connectivity index (χ1v) is 5.78. The highest BCUT2D eigenvalue weighted by atomic mass is 16.4. The summed E-state index contributed by atoms with van der Waals surface area (Å²) in [6, 6.07) is 4.96. The van der Waals surface area contributed by atoms with Crippen molar-refractivity contribution in [3.05, 3.63) is 29.3 Å². The molecule has 2 rings (SSSR count). The van der Waals surface area contributed by atoms with Crippen LogP contribution in [0.2, 0.25) is 0 Å². The van der Waals surface area contributed by atoms with Gasteiger partial charge in [-0.1, -0.05) is 12.1 Å². The molecular weight excluding hydrogens is 220 g/mol. The smallest absolute Gasteiger partial charge is 0.307 e. The summed E-state index contributed by atoms with van der Waals surface area (Å²) < 4.78 is 0. The molecule has 4 heteroatoms. The van der Waals surface area contributed by atoms with E-state index in [9.17, 15) is 15.0 Å². The lowest BCUT2D eigenvalue weighted by atomic mass is 9.90. The quantitative estimate of drug-likeness (QED) is 0.745. The van der Waals surface area contributed by atoms with Gasteiger partial charge in [-0.2, -0.15) is 0 Å². The van der Waals surface area contributed by atoms with Crippen LogP contribution in [0.15, 0.2) is 18.2 Å². The van der Waals surface area contributed by atoms with E-state index in [-0.39, 0.29) is 24.2 Å². The van der Waals surface area contributed by atoms with Gasteiger partial charge in [-0.3, -0.25) is 4.79 Å². The van der Waals surface area contributed by atoms with Gasteiger partial charge in [-0.05, 0) is 36.8 Å². The van der Waals surface area contributed by atoms with Crippen molar-refractivity contribution in [2.24, 2.45) is 0 Å². The third-order valence-electron chi connectivity index (χ3n) is 3.33. The van der Waals surface area contributed by atoms with Crippen LogP contribution in [0.1, 0.15) is 36.3 Å². The summed E-state index contributed by atoms with van der Waals surface area (Å²) >= 11 is 0. The number of phenols is 1. The zero-order valence-electron chi connectivity index (χ0n) is 9.47. The fourth-order valence-corrected chi connectivity index (χ4v) is 2.61. The van der Waals surface area contributed by atoms with Gasteiger partial charge < -0.3 is 15.3 Å². The minimum atomic E-state index is -0.907. The number of rotatable bonds is 3. The Labute approximate surface area is 99.5 Å². The van der Waals surface area contributed by atoms with Crippen LogP contribution >= 0.6 is 0 Å². The maximum Gasteiger partial charge on any atom is 0.307 e. The van der Waals surface area contributed by atoms with E-state index in [1.54, 1.807) is 18.2 Å². The molecule has 17 heavy (non-hydrogen) atoms. The van der Waals surface area contributed by atoms with E-state index in [4.69, 9.17) is 5.11 Å². The van der Waals surface area contributed by atoms with Gasteiger partial charge in [0.25, 0.3) is 0 Å². The number of benzene rings is 1. The maximum absolute atomic E-state index is 10.8. The summed E-state index contributed by atoms with van der Waals surface area (Å²) in [5.41, 5.74) is 1.35. The van der Waals surface area contributed by atoms with E-state index >= 15 is 0 Å². The van der Waals surface area contributed by atoms with Gasteiger partial charge in [0.15, 0.2) is 0 Å². The molecule has 4 nitrogen and oxygen atoms in total. The standard InChI is InChI=1S/C13H16O4/c14-10-5-4-9(6-10)13-8(7-12(16)17)2-1-3-11(13)15/h1-3,9-10,14-15H,4-7H2,(H,16,17). The molecule has 2 atom stereocenters. The number of phenolic OH excluding ortho intramolecular Hbond substituents is 1. The molecule has 1 aromatic carbocycles. The Bertz CT molecular complexity index is 427. The molecule has 3 N–H and O–H groups in total. The highest BCUT2D eigenvalue weighted by Crippen LogP contribution is 2.40. The molecule has 0 aromatic heterocycles. The minimum Gasteiger partial charge on any atom is -0.508 e. The highest BCUT2D eigenvalue weighted by Gasteiger charge is 2.28. The lowest BCUT2D eigenvalue weighted by Gasteiger charge is -2.16. The van der Waals surface area contributed by atoms with Crippen LogP contribution in [-0.4, -0.2) is 27.4 Å². The molecule has 0 spiro atoms. The third kappa shape index (κ3) is 2.58. The first-order chi connectivity index (χ1) is 8.08. The van der Waals surface area contributed by atoms with Gasteiger partial charge in [0.05, 0.1) is 12.5 Å². The van der Waals surface area contributed by atoms with Gasteiger partial charge in [-0.15, -0.1) is 0 Å². The molecule has 0 aliphatic heterocycles. The van der Waals surface area contributed by atoms with Crippen LogP contribution < -0.4 is 0 Å². The predicted molar refractivity (Wildman–Crippen MR) is 62.0 cm³/mol. The average Bonchev–Trinajstić information content (AvgIpc) is 2.64. The normalized spacial score (nSPS) is 23.8. The number of aliphatic carboxylic acids is 1. The fourth-order valence-electron chi connectivity index (χ4n) is 2.61. The van der Waals surface area contributed by atoms with Gasteiger partial charge >= 0.3 is 5.97 Å². The summed E-state index contributed by atoms with van der Waals surface area (Å²) in [5.74, 6) is -0.696. The molecule has 1 saturated carbocycles. The van der Waals surface area contributed by atoms with Crippen molar-refractivity contribution < 1.29 is 20.1 Å². The van der Waals surface area contributed by atoms with E-state index in [1.165, 1.54) is 0 Å². The van der Waals surface area contributed by atoms with Gasteiger partial charge in [0.2, 0.25) is 0 Å². The van der Waals surface area contributed by atoms with E-state index in [0.717, 1.165) is 6.42 Å². The van der Waals surface area contributed by atoms with Crippen LogP contribution in [0.5, 0.6) is 5.75 Å². The summed E-state index contributed by atoms with van der Waals surface area (Å²) in [7, 11) is 0. The number of hydrogen-bond donors (Lipinski definition) is 3. The molecule has 0 bridgehead atoms. The average molecular weight is 236 g/mol. The number of hydrogen-bond acceptors (Lipinski definition) is 3. The van der Waals surface area contributed by atoms with Crippen molar-refractivity contribution in [1.29, 1.82) is 0 Å². The molecule has 0 radical (unpaired) electrons. The molecule has 0 saturated heterocycles. The zero-order valence-corrected chi connectivity index (χ0v) is 9.47. The topological polar surface area (TPSA) is 77.8 Å². The molecule has 0 amide bonds. The van der Waals surface area contributed by atoms with Crippen LogP contribution in [0.25, 0.3) is 0 Å². The van der Waals surface area contributed by atoms with E-state index in [1.807, 2.05) is 0 Å². The van der Waals surface area contributed by atoms with Gasteiger partial charge in [0.1, 0.15) is 5.75 Å². The minimum absolute atomic E-state index is 0.0700. The Kier molecular flexibility index (Phi) is 3.33. The summed E-state index contributed by atoms with van der Waals surface area (Å²) in [6.45, 7) is 0. The van der Waals surface area contributed by atoms with Crippen molar-refractivity contribution in [2.45, 2.75) is 37.7 Å². The van der Waals surface area contributed by atoms with Crippen molar-refractivity contribution in [1.82, 2.24) is 0 Å². The molecule has 1 aromatic rings. The van der Waals surface area contributed by atoms with E-state index in [2.05, 4.69) is 0 Å². The Morgan fingerprint density at radius 3 is 2.71 bits per heavy atom. The summed E-state index contributed by atoms with van der Waals surface area (Å²) in [4.78, 5) is 10.8. The second-order valence-corrected chi connectivity index (χ2v) is 4.58. The summed E-state index contributed by atoms with van der Waals surface area (Å²) in [5, 5.41) is 28.2. The number of aromatic hydroxyl groups is 1. The Morgan fingerprint density at radius 1 is 1.35 bits per heavy atom. The van der Waals surface area contributed by atoms with Crippen molar-refractivity contribution in [3.63, 3.8) is 0 Å². The molecule has 1 fully saturated rings. The van der Waals surface area contributed by atoms with Crippen molar-refractivity contribution in [2.75, 3.05) is 0 Å². The van der Waals surface area contributed by atoms with E-state index in [0.29, 0.717) is 24.0 Å². The molecular formula is C13H16O4. The van der Waals surface area contributed by atoms with Crippen molar-refractivity contribution in [3.8, 4) is 5.75 Å². The monoisotopic (exact) mass is 236 g/mol. The molecule has 92 valence electrons. The maximum atomic E-state index is 10.8. The SMILES string of the molecule is O=C(O)Cc1cccc(O)c1C1CCC(O)C1. The van der Waals surface area contributed by atoms with Crippen molar-refractivity contribution >= 4 is 5.97 Å². The number of carboxylic acids is 1. The molecule has 1 aliphatic rings. The Balaban J connectivity index is 2.33. The number of carboxylic acid groups (broad SMARTS) is 1. The molecule has 0 heterocycles. The zero-order chi connectivity index (χ0) is 12.4.